The first-order chi connectivity index (χ1) is 53.3. The van der Waals surface area contributed by atoms with Crippen LogP contribution < -0.4 is 48.3 Å². The number of likely N-dealkylation sites (tertiary alicyclic amines) is 1. The van der Waals surface area contributed by atoms with E-state index in [1.165, 1.54) is 49.7 Å². The van der Waals surface area contributed by atoms with Gasteiger partial charge in [-0.3, -0.25) is 62.5 Å². The van der Waals surface area contributed by atoms with Crippen LogP contribution in [0.1, 0.15) is 174 Å². The maximum absolute atomic E-state index is 15.0. The maximum Gasteiger partial charge on any atom is 0.410 e. The van der Waals surface area contributed by atoms with Crippen molar-refractivity contribution in [2.24, 2.45) is 35.3 Å². The Labute approximate surface area is 663 Å². The number of nitrogens with zero attached hydrogens (tertiary/aromatic N) is 5. The standard InChI is InChI=1S/C80H122N14O17S/c1-15-52(8)70(61(109-13)47-66(99)93-43-25-30-60(93)71(110-14)53(9)72(100)88-59(77-83-41-45-112-77)46-54-26-18-16-19-27-54)91(10)78(105)68(50(4)5)90-76(104)69(51(6)7)92(11)80(107)111-48-55-32-34-56(35-33-55)85-73(101)58(29-24-40-84-79(81)106)87-75(103)67(49(2)3)89-74(102)57(28-21-22-39-82-62(95)38-44-108-12)86-63(96)31-20-17-23-42-94-64(97)36-37-65(94)98/h16,18-19,26-27,32-37,41,45,49-53,57-61,67-71H,15,17,20-25,28-31,38-40,42-44,46-48H2,1-14H3,(H,82,95)(H,85,101)(H,86,96)(H,87,103)(H,88,100)(H,89,102)(H,90,104)(H3,81,84,106)/t52-,53+,57?,58-,59+,60?,61+,67-,68-,69-,70-,71+/m0/s1. The second-order valence-electron chi connectivity index (χ2n) is 29.9. The number of aromatic nitrogens is 1. The number of rotatable bonds is 49. The van der Waals surface area contributed by atoms with E-state index in [-0.39, 0.29) is 94.5 Å². The van der Waals surface area contributed by atoms with Gasteiger partial charge in [0.2, 0.25) is 53.2 Å². The van der Waals surface area contributed by atoms with Crippen LogP contribution in [0.4, 0.5) is 15.3 Å². The van der Waals surface area contributed by atoms with Crippen LogP contribution in [0.5, 0.6) is 0 Å². The van der Waals surface area contributed by atoms with E-state index in [0.717, 1.165) is 15.5 Å². The summed E-state index contributed by atoms with van der Waals surface area (Å²) >= 11 is 1.46. The average Bonchev–Trinajstić information content (AvgIpc) is 1.48. The number of benzene rings is 2. The van der Waals surface area contributed by atoms with Gasteiger partial charge in [0.25, 0.3) is 11.8 Å². The van der Waals surface area contributed by atoms with Gasteiger partial charge in [-0.05, 0) is 111 Å². The summed E-state index contributed by atoms with van der Waals surface area (Å²) < 4.78 is 23.0. The quantitative estimate of drug-likeness (QED) is 0.0224. The predicted molar refractivity (Wildman–Crippen MR) is 423 cm³/mol. The molecule has 3 heterocycles. The van der Waals surface area contributed by atoms with Gasteiger partial charge in [-0.25, -0.2) is 14.6 Å². The van der Waals surface area contributed by atoms with Crippen LogP contribution in [-0.2, 0) is 84.7 Å². The van der Waals surface area contributed by atoms with Gasteiger partial charge < -0.3 is 77.0 Å². The summed E-state index contributed by atoms with van der Waals surface area (Å²) in [5.74, 6) is -7.25. The fourth-order valence-corrected chi connectivity index (χ4v) is 14.7. The van der Waals surface area contributed by atoms with Gasteiger partial charge in [0.1, 0.15) is 41.8 Å². The van der Waals surface area contributed by atoms with Crippen molar-refractivity contribution in [2.45, 2.75) is 226 Å². The van der Waals surface area contributed by atoms with Crippen LogP contribution in [0, 0.1) is 29.6 Å². The Morgan fingerprint density at radius 1 is 0.652 bits per heavy atom. The van der Waals surface area contributed by atoms with E-state index in [1.807, 2.05) is 56.5 Å². The number of thiazole rings is 1. The minimum atomic E-state index is -1.22. The number of nitrogens with one attached hydrogen (secondary N) is 8. The van der Waals surface area contributed by atoms with Crippen LogP contribution in [0.15, 0.2) is 78.3 Å². The number of nitrogens with two attached hydrogens (primary N) is 1. The number of urea groups is 1. The molecule has 12 atom stereocenters. The molecule has 1 saturated heterocycles. The molecule has 0 bridgehead atoms. The smallest absolute Gasteiger partial charge is 0.410 e. The molecule has 2 aromatic carbocycles. The molecule has 0 saturated carbocycles. The third-order valence-corrected chi connectivity index (χ3v) is 21.4. The summed E-state index contributed by atoms with van der Waals surface area (Å²) in [6, 6.07) is 8.20. The zero-order valence-electron chi connectivity index (χ0n) is 67.7. The second kappa shape index (κ2) is 47.8. The first-order valence-electron chi connectivity index (χ1n) is 39.0. The normalized spacial score (nSPS) is 16.4. The molecule has 14 amide bonds. The Hall–Kier alpha value is -9.40. The van der Waals surface area contributed by atoms with Crippen LogP contribution in [0.2, 0.25) is 0 Å². The number of ether oxygens (including phenoxy) is 4. The largest absolute Gasteiger partial charge is 0.445 e. The minimum Gasteiger partial charge on any atom is -0.445 e. The molecular weight excluding hydrogens is 1460 g/mol. The number of anilines is 1. The van der Waals surface area contributed by atoms with E-state index in [0.29, 0.717) is 82.1 Å². The van der Waals surface area contributed by atoms with Crippen molar-refractivity contribution >= 4 is 94.1 Å². The SMILES string of the molecule is CC[C@H](C)[C@@H]([C@@H](CC(=O)N1CCCC1[C@H](OC)[C@@H](C)C(=O)N[C@H](Cc1ccccc1)c1nccs1)OC)N(C)C(=O)[C@@H](NC(=O)[C@H](C(C)C)N(C)C(=O)OCc1ccc(NC(=O)[C@H](CCCNC(N)=O)NC(=O)[C@@H](NC(=O)C(CCCCNC(=O)CCOC)NC(=O)CCCCCN2C(=O)C=CC2=O)C(C)C)cc1)C(C)C. The van der Waals surface area contributed by atoms with Crippen LogP contribution in [-0.4, -0.2) is 224 Å². The number of carbonyl (C=O) groups is 13. The summed E-state index contributed by atoms with van der Waals surface area (Å²) in [6.07, 6.45) is 6.95. The highest BCUT2D eigenvalue weighted by molar-refractivity contribution is 7.09. The number of amides is 14. The molecule has 0 radical (unpaired) electrons. The number of unbranched alkanes of at least 4 members (excludes halogenated alkanes) is 3. The molecule has 0 aliphatic carbocycles. The lowest BCUT2D eigenvalue weighted by Crippen LogP contribution is -2.60. The molecule has 2 aliphatic rings. The van der Waals surface area contributed by atoms with E-state index >= 15 is 0 Å². The summed E-state index contributed by atoms with van der Waals surface area (Å²) in [5.41, 5.74) is 7.14. The number of likely N-dealkylation sites (N-methyl/N-ethyl adjacent to an activating group) is 2. The molecule has 620 valence electrons. The van der Waals surface area contributed by atoms with Gasteiger partial charge in [-0.2, -0.15) is 0 Å². The van der Waals surface area contributed by atoms with Crippen molar-refractivity contribution < 1.29 is 81.3 Å². The van der Waals surface area contributed by atoms with Crippen LogP contribution in [0.3, 0.4) is 0 Å². The molecule has 31 nitrogen and oxygen atoms in total. The average molecular weight is 1580 g/mol. The van der Waals surface area contributed by atoms with Crippen molar-refractivity contribution in [2.75, 3.05) is 73.5 Å². The molecule has 112 heavy (non-hydrogen) atoms. The number of primary amides is 1. The maximum atomic E-state index is 15.0. The molecule has 3 aromatic rings. The van der Waals surface area contributed by atoms with Crippen LogP contribution >= 0.6 is 11.3 Å². The van der Waals surface area contributed by atoms with Gasteiger partial charge in [0.05, 0.1) is 49.3 Å². The van der Waals surface area contributed by atoms with Crippen molar-refractivity contribution in [1.29, 1.82) is 0 Å². The van der Waals surface area contributed by atoms with E-state index in [4.69, 9.17) is 24.7 Å². The molecule has 2 aliphatic heterocycles. The van der Waals surface area contributed by atoms with Gasteiger partial charge in [0, 0.05) is 104 Å². The fraction of sp³-hybridized carbons (Fsp3) is 0.625. The van der Waals surface area contributed by atoms with E-state index in [1.54, 1.807) is 96.0 Å². The number of hydrogen-bond donors (Lipinski definition) is 9. The van der Waals surface area contributed by atoms with E-state index < -0.39 is 138 Å². The molecule has 1 fully saturated rings. The van der Waals surface area contributed by atoms with Crippen molar-refractivity contribution in [3.8, 4) is 0 Å². The van der Waals surface area contributed by atoms with Gasteiger partial charge >= 0.3 is 12.1 Å². The molecule has 32 heteroatoms. The Morgan fingerprint density at radius 2 is 1.30 bits per heavy atom. The van der Waals surface area contributed by atoms with Gasteiger partial charge in [0.15, 0.2) is 0 Å². The lowest BCUT2D eigenvalue weighted by atomic mass is 9.89. The Kier molecular flexibility index (Phi) is 39.8. The Morgan fingerprint density at radius 3 is 1.91 bits per heavy atom. The molecule has 5 rings (SSSR count). The van der Waals surface area contributed by atoms with Crippen molar-refractivity contribution in [3.05, 3.63) is 94.5 Å². The highest BCUT2D eigenvalue weighted by Crippen LogP contribution is 2.31. The lowest BCUT2D eigenvalue weighted by Gasteiger charge is -2.41. The predicted octanol–water partition coefficient (Wildman–Crippen LogP) is 6.20. The lowest BCUT2D eigenvalue weighted by molar-refractivity contribution is -0.148. The highest BCUT2D eigenvalue weighted by atomic mass is 32.1. The molecule has 10 N–H and O–H groups in total. The molecular formula is C80H122N14O17S. The first kappa shape index (κ1) is 93.2. The van der Waals surface area contributed by atoms with E-state index in [9.17, 15) is 62.3 Å². The first-order valence-corrected chi connectivity index (χ1v) is 39.9. The number of carbonyl (C=O) groups excluding carboxylic acids is 13. The fourth-order valence-electron chi connectivity index (χ4n) is 14.0. The van der Waals surface area contributed by atoms with E-state index in [2.05, 4.69) is 47.5 Å². The number of methoxy groups -OCH3 is 3. The third-order valence-electron chi connectivity index (χ3n) is 20.5. The van der Waals surface area contributed by atoms with Gasteiger partial charge in [-0.15, -0.1) is 11.3 Å². The highest BCUT2D eigenvalue weighted by Gasteiger charge is 2.44. The Balaban J connectivity index is 1.20. The zero-order valence-corrected chi connectivity index (χ0v) is 68.5. The topological polar surface area (TPSA) is 407 Å². The third kappa shape index (κ3) is 29.3. The van der Waals surface area contributed by atoms with Gasteiger partial charge in [-0.1, -0.05) is 118 Å². The van der Waals surface area contributed by atoms with Crippen LogP contribution in [0.25, 0.3) is 0 Å². The summed E-state index contributed by atoms with van der Waals surface area (Å²) in [6.45, 7) is 17.3. The zero-order chi connectivity index (χ0) is 82.7. The molecule has 1 aromatic heterocycles. The summed E-state index contributed by atoms with van der Waals surface area (Å²) in [4.78, 5) is 186. The number of imide groups is 1. The van der Waals surface area contributed by atoms with Crippen molar-refractivity contribution in [3.63, 3.8) is 0 Å². The molecule has 0 spiro atoms. The number of hydrogen-bond acceptors (Lipinski definition) is 19. The summed E-state index contributed by atoms with van der Waals surface area (Å²) in [5, 5.41) is 25.2. The molecule has 2 unspecified atom stereocenters. The van der Waals surface area contributed by atoms with Crippen molar-refractivity contribution in [1.82, 2.24) is 61.8 Å². The second-order valence-corrected chi connectivity index (χ2v) is 30.8. The monoisotopic (exact) mass is 1580 g/mol. The summed E-state index contributed by atoms with van der Waals surface area (Å²) in [7, 11) is 7.61. The minimum absolute atomic E-state index is 0.00738. The Bertz CT molecular complexity index is 3570.